The molecule has 2 aromatic rings. The van der Waals surface area contributed by atoms with E-state index in [-0.39, 0.29) is 16.8 Å². The Labute approximate surface area is 185 Å². The van der Waals surface area contributed by atoms with Crippen LogP contribution in [0.25, 0.3) is 0 Å². The highest BCUT2D eigenvalue weighted by Crippen LogP contribution is 2.28. The molecule has 2 heterocycles. The Balaban J connectivity index is 1.47. The minimum absolute atomic E-state index is 0.108. The molecule has 0 bridgehead atoms. The minimum atomic E-state index is -3.69. The van der Waals surface area contributed by atoms with Crippen molar-refractivity contribution in [3.05, 3.63) is 65.7 Å². The van der Waals surface area contributed by atoms with Crippen LogP contribution in [-0.4, -0.2) is 55.8 Å². The lowest BCUT2D eigenvalue weighted by Crippen LogP contribution is -2.47. The first-order valence-corrected chi connectivity index (χ1v) is 12.6. The van der Waals surface area contributed by atoms with E-state index in [0.29, 0.717) is 25.9 Å². The van der Waals surface area contributed by atoms with E-state index in [2.05, 4.69) is 22.3 Å². The van der Waals surface area contributed by atoms with Crippen molar-refractivity contribution in [3.8, 4) is 0 Å². The van der Waals surface area contributed by atoms with Crippen LogP contribution in [0.4, 0.5) is 0 Å². The smallest absolute Gasteiger partial charge is 0.243 e. The van der Waals surface area contributed by atoms with E-state index in [1.54, 1.807) is 24.3 Å². The van der Waals surface area contributed by atoms with Gasteiger partial charge in [-0.15, -0.1) is 0 Å². The molecule has 6 nitrogen and oxygen atoms in total. The molecular weight excluding hydrogens is 410 g/mol. The lowest BCUT2D eigenvalue weighted by molar-refractivity contribution is -0.124. The van der Waals surface area contributed by atoms with Gasteiger partial charge in [-0.3, -0.25) is 9.69 Å². The van der Waals surface area contributed by atoms with Gasteiger partial charge in [0.2, 0.25) is 15.9 Å². The van der Waals surface area contributed by atoms with Crippen molar-refractivity contribution in [2.75, 3.05) is 26.2 Å². The molecule has 0 spiro atoms. The summed E-state index contributed by atoms with van der Waals surface area (Å²) in [6.45, 7) is 4.83. The second kappa shape index (κ2) is 9.51. The zero-order chi connectivity index (χ0) is 21.8. The van der Waals surface area contributed by atoms with E-state index in [1.807, 2.05) is 25.1 Å². The van der Waals surface area contributed by atoms with Gasteiger partial charge >= 0.3 is 0 Å². The molecule has 2 aliphatic heterocycles. The summed E-state index contributed by atoms with van der Waals surface area (Å²) in [5.74, 6) is -0.201. The fourth-order valence-electron chi connectivity index (χ4n) is 4.64. The molecule has 2 aromatic carbocycles. The number of hydrogen-bond acceptors (Lipinski definition) is 4. The predicted octanol–water partition coefficient (Wildman–Crippen LogP) is 3.10. The number of carbonyl (C=O) groups excluding carboxylic acids is 1. The predicted molar refractivity (Wildman–Crippen MR) is 121 cm³/mol. The third-order valence-electron chi connectivity index (χ3n) is 6.37. The van der Waals surface area contributed by atoms with Crippen molar-refractivity contribution < 1.29 is 13.2 Å². The SMILES string of the molecule is Cc1ccc(S(=O)(=O)N2CCC[C@H]2C(=O)NCC(c2ccccc2)N2CCCC2)cc1. The molecule has 7 heteroatoms. The van der Waals surface area contributed by atoms with E-state index >= 15 is 0 Å². The van der Waals surface area contributed by atoms with Gasteiger partial charge in [0, 0.05) is 13.1 Å². The van der Waals surface area contributed by atoms with E-state index < -0.39 is 16.1 Å². The molecule has 2 fully saturated rings. The van der Waals surface area contributed by atoms with Crippen molar-refractivity contribution in [2.45, 2.75) is 49.6 Å². The van der Waals surface area contributed by atoms with Crippen LogP contribution in [0.2, 0.25) is 0 Å². The van der Waals surface area contributed by atoms with Crippen LogP contribution in [0.3, 0.4) is 0 Å². The second-order valence-electron chi connectivity index (χ2n) is 8.50. The highest BCUT2D eigenvalue weighted by atomic mass is 32.2. The number of amides is 1. The van der Waals surface area contributed by atoms with Gasteiger partial charge in [-0.2, -0.15) is 4.31 Å². The third-order valence-corrected chi connectivity index (χ3v) is 8.29. The number of sulfonamides is 1. The number of aryl methyl sites for hydroxylation is 1. The van der Waals surface area contributed by atoms with E-state index in [0.717, 1.165) is 18.7 Å². The second-order valence-corrected chi connectivity index (χ2v) is 10.4. The molecule has 0 radical (unpaired) electrons. The van der Waals surface area contributed by atoms with Gasteiger partial charge in [0.25, 0.3) is 0 Å². The van der Waals surface area contributed by atoms with Crippen molar-refractivity contribution in [1.82, 2.24) is 14.5 Å². The van der Waals surface area contributed by atoms with Crippen LogP contribution in [0.15, 0.2) is 59.5 Å². The van der Waals surface area contributed by atoms with Crippen molar-refractivity contribution in [1.29, 1.82) is 0 Å². The maximum atomic E-state index is 13.2. The van der Waals surface area contributed by atoms with E-state index in [4.69, 9.17) is 0 Å². The van der Waals surface area contributed by atoms with Crippen molar-refractivity contribution >= 4 is 15.9 Å². The first kappa shape index (κ1) is 22.0. The molecule has 0 aromatic heterocycles. The number of rotatable bonds is 7. The number of nitrogens with zero attached hydrogens (tertiary/aromatic N) is 2. The van der Waals surface area contributed by atoms with Crippen LogP contribution in [0, 0.1) is 6.92 Å². The van der Waals surface area contributed by atoms with Gasteiger partial charge in [-0.05, 0) is 63.4 Å². The zero-order valence-electron chi connectivity index (χ0n) is 18.0. The van der Waals surface area contributed by atoms with Gasteiger partial charge in [-0.1, -0.05) is 48.0 Å². The largest absolute Gasteiger partial charge is 0.353 e. The first-order chi connectivity index (χ1) is 15.0. The fourth-order valence-corrected chi connectivity index (χ4v) is 6.29. The highest BCUT2D eigenvalue weighted by molar-refractivity contribution is 7.89. The number of carbonyl (C=O) groups is 1. The number of nitrogens with one attached hydrogen (secondary N) is 1. The Morgan fingerprint density at radius 2 is 1.68 bits per heavy atom. The molecule has 2 atom stereocenters. The lowest BCUT2D eigenvalue weighted by Gasteiger charge is -2.29. The molecule has 2 aliphatic rings. The third kappa shape index (κ3) is 4.84. The molecule has 166 valence electrons. The molecule has 1 N–H and O–H groups in total. The summed E-state index contributed by atoms with van der Waals surface area (Å²) in [5.41, 5.74) is 2.18. The average Bonchev–Trinajstić information content (AvgIpc) is 3.48. The minimum Gasteiger partial charge on any atom is -0.353 e. The molecule has 1 unspecified atom stereocenters. The Morgan fingerprint density at radius 1 is 1.00 bits per heavy atom. The van der Waals surface area contributed by atoms with Crippen LogP contribution >= 0.6 is 0 Å². The van der Waals surface area contributed by atoms with Crippen LogP contribution in [0.1, 0.15) is 42.9 Å². The normalized spacial score (nSPS) is 21.3. The molecule has 31 heavy (non-hydrogen) atoms. The lowest BCUT2D eigenvalue weighted by atomic mass is 10.1. The van der Waals surface area contributed by atoms with Crippen molar-refractivity contribution in [3.63, 3.8) is 0 Å². The molecule has 1 amide bonds. The summed E-state index contributed by atoms with van der Waals surface area (Å²) in [6.07, 6.45) is 3.58. The molecule has 2 saturated heterocycles. The first-order valence-electron chi connectivity index (χ1n) is 11.1. The van der Waals surface area contributed by atoms with Gasteiger partial charge in [-0.25, -0.2) is 8.42 Å². The Kier molecular flexibility index (Phi) is 6.74. The summed E-state index contributed by atoms with van der Waals surface area (Å²) >= 11 is 0. The molecule has 0 aliphatic carbocycles. The summed E-state index contributed by atoms with van der Waals surface area (Å²) in [7, 11) is -3.69. The van der Waals surface area contributed by atoms with Gasteiger partial charge < -0.3 is 5.32 Å². The zero-order valence-corrected chi connectivity index (χ0v) is 18.9. The Hall–Kier alpha value is -2.22. The monoisotopic (exact) mass is 441 g/mol. The Bertz CT molecular complexity index is 986. The summed E-state index contributed by atoms with van der Waals surface area (Å²) < 4.78 is 27.7. The standard InChI is InChI=1S/C24H31N3O3S/c1-19-11-13-21(14-12-19)31(29,30)27-17-7-10-22(27)24(28)25-18-23(26-15-5-6-16-26)20-8-3-2-4-9-20/h2-4,8-9,11-14,22-23H,5-7,10,15-18H2,1H3,(H,25,28)/t22-,23?/m0/s1. The maximum absolute atomic E-state index is 13.2. The van der Waals surface area contributed by atoms with Crippen LogP contribution in [0.5, 0.6) is 0 Å². The van der Waals surface area contributed by atoms with E-state index in [9.17, 15) is 13.2 Å². The van der Waals surface area contributed by atoms with Crippen molar-refractivity contribution in [2.24, 2.45) is 0 Å². The quantitative estimate of drug-likeness (QED) is 0.717. The summed E-state index contributed by atoms with van der Waals surface area (Å²) in [5, 5.41) is 3.08. The Morgan fingerprint density at radius 3 is 2.35 bits per heavy atom. The van der Waals surface area contributed by atoms with Crippen LogP contribution < -0.4 is 5.32 Å². The molecule has 0 saturated carbocycles. The van der Waals surface area contributed by atoms with Gasteiger partial charge in [0.05, 0.1) is 10.9 Å². The number of likely N-dealkylation sites (tertiary alicyclic amines) is 1. The summed E-state index contributed by atoms with van der Waals surface area (Å²) in [4.78, 5) is 15.8. The number of benzene rings is 2. The van der Waals surface area contributed by atoms with Gasteiger partial charge in [0.1, 0.15) is 6.04 Å². The molecular formula is C24H31N3O3S. The molecule has 4 rings (SSSR count). The topological polar surface area (TPSA) is 69.7 Å². The van der Waals surface area contributed by atoms with Crippen LogP contribution in [-0.2, 0) is 14.8 Å². The van der Waals surface area contributed by atoms with E-state index in [1.165, 1.54) is 22.7 Å². The average molecular weight is 442 g/mol. The van der Waals surface area contributed by atoms with Gasteiger partial charge in [0.15, 0.2) is 0 Å². The number of hydrogen-bond donors (Lipinski definition) is 1. The highest BCUT2D eigenvalue weighted by Gasteiger charge is 2.39. The fraction of sp³-hybridized carbons (Fsp3) is 0.458. The summed E-state index contributed by atoms with van der Waals surface area (Å²) in [6, 6.07) is 16.5. The maximum Gasteiger partial charge on any atom is 0.243 e.